The van der Waals surface area contributed by atoms with E-state index in [-0.39, 0.29) is 11.6 Å². The largest absolute Gasteiger partial charge is 0.494 e. The molecule has 0 aliphatic heterocycles. The zero-order chi connectivity index (χ0) is 35.2. The van der Waals surface area contributed by atoms with Crippen LogP contribution in [0.2, 0.25) is 0 Å². The summed E-state index contributed by atoms with van der Waals surface area (Å²) in [7, 11) is 0. The van der Waals surface area contributed by atoms with E-state index in [0.717, 1.165) is 41.9 Å². The first-order valence-corrected chi connectivity index (χ1v) is 19.4. The fraction of sp³-hybridized carbons (Fsp3) is 0.523. The van der Waals surface area contributed by atoms with Crippen LogP contribution in [0.3, 0.4) is 0 Å². The lowest BCUT2D eigenvalue weighted by atomic mass is 9.80. The predicted molar refractivity (Wildman–Crippen MR) is 199 cm³/mol. The maximum Gasteiger partial charge on any atom is 0.343 e. The molecule has 0 aromatic heterocycles. The average Bonchev–Trinajstić information content (AvgIpc) is 3.57. The molecule has 1 spiro atoms. The van der Waals surface area contributed by atoms with Crippen LogP contribution in [0, 0.1) is 5.41 Å². The number of ketones is 2. The van der Waals surface area contributed by atoms with Crippen molar-refractivity contribution in [2.45, 2.75) is 129 Å². The number of rotatable bonds is 22. The smallest absolute Gasteiger partial charge is 0.343 e. The van der Waals surface area contributed by atoms with Gasteiger partial charge in [-0.2, -0.15) is 0 Å². The van der Waals surface area contributed by atoms with Crippen molar-refractivity contribution in [1.82, 2.24) is 0 Å². The maximum atomic E-state index is 13.7. The number of hydrogen-bond donors (Lipinski definition) is 0. The highest BCUT2D eigenvalue weighted by Crippen LogP contribution is 2.48. The molecule has 268 valence electrons. The van der Waals surface area contributed by atoms with Gasteiger partial charge in [-0.1, -0.05) is 104 Å². The standard InChI is InChI=1S/C44H56O6/c1-3-5-7-9-11-13-15-17-27-48-36-21-19-33(20-22-36)43(47)50-38-24-26-40-35(30-38)32-44(42(40)46)31-34-29-37(23-25-39(34)41(44)45)49-28-18-16-14-12-10-8-6-4-2/h19-26,29-30H,3-18,27-28,31-32H2,1-2H3. The number of unbranched alkanes of at least 4 members (excludes halogenated alkanes) is 14. The van der Waals surface area contributed by atoms with E-state index in [1.807, 2.05) is 18.2 Å². The molecule has 3 aromatic carbocycles. The summed E-state index contributed by atoms with van der Waals surface area (Å²) in [6.07, 6.45) is 20.6. The average molecular weight is 681 g/mol. The molecule has 0 saturated carbocycles. The molecule has 0 bridgehead atoms. The fourth-order valence-electron chi connectivity index (χ4n) is 7.39. The lowest BCUT2D eigenvalue weighted by Gasteiger charge is -2.18. The first kappa shape index (κ1) is 37.3. The zero-order valence-electron chi connectivity index (χ0n) is 30.4. The molecular weight excluding hydrogens is 624 g/mol. The van der Waals surface area contributed by atoms with E-state index < -0.39 is 11.4 Å². The summed E-state index contributed by atoms with van der Waals surface area (Å²) < 4.78 is 17.6. The molecule has 6 heteroatoms. The third-order valence-electron chi connectivity index (χ3n) is 10.3. The van der Waals surface area contributed by atoms with Gasteiger partial charge in [-0.15, -0.1) is 0 Å². The molecule has 0 N–H and O–H groups in total. The summed E-state index contributed by atoms with van der Waals surface area (Å²) in [5.41, 5.74) is 1.99. The van der Waals surface area contributed by atoms with Gasteiger partial charge in [0.25, 0.3) is 0 Å². The molecule has 0 heterocycles. The summed E-state index contributed by atoms with van der Waals surface area (Å²) >= 11 is 0. The van der Waals surface area contributed by atoms with Gasteiger partial charge in [0.2, 0.25) is 0 Å². The number of carbonyl (C=O) groups is 3. The van der Waals surface area contributed by atoms with E-state index in [0.29, 0.717) is 48.5 Å². The van der Waals surface area contributed by atoms with Crippen molar-refractivity contribution < 1.29 is 28.6 Å². The van der Waals surface area contributed by atoms with Crippen molar-refractivity contribution in [3.05, 3.63) is 88.5 Å². The van der Waals surface area contributed by atoms with Gasteiger partial charge in [0.1, 0.15) is 22.7 Å². The van der Waals surface area contributed by atoms with Crippen LogP contribution in [0.4, 0.5) is 0 Å². The number of Topliss-reactive ketones (excluding diaryl/α,β-unsaturated/α-hetero) is 2. The minimum absolute atomic E-state index is 0.133. The van der Waals surface area contributed by atoms with Crippen molar-refractivity contribution in [3.63, 3.8) is 0 Å². The van der Waals surface area contributed by atoms with E-state index in [9.17, 15) is 14.4 Å². The minimum atomic E-state index is -1.14. The van der Waals surface area contributed by atoms with Crippen LogP contribution in [-0.2, 0) is 12.8 Å². The van der Waals surface area contributed by atoms with Crippen LogP contribution in [-0.4, -0.2) is 30.7 Å². The highest BCUT2D eigenvalue weighted by Gasteiger charge is 2.55. The van der Waals surface area contributed by atoms with E-state index in [2.05, 4.69) is 13.8 Å². The monoisotopic (exact) mass is 680 g/mol. The first-order valence-electron chi connectivity index (χ1n) is 19.4. The molecular formula is C44H56O6. The number of hydrogen-bond acceptors (Lipinski definition) is 6. The van der Waals surface area contributed by atoms with Crippen molar-refractivity contribution >= 4 is 17.5 Å². The van der Waals surface area contributed by atoms with Gasteiger partial charge in [-0.05, 0) is 97.5 Å². The Bertz CT molecular complexity index is 1570. The fourth-order valence-corrected chi connectivity index (χ4v) is 7.39. The van der Waals surface area contributed by atoms with Crippen LogP contribution in [0.5, 0.6) is 17.2 Å². The van der Waals surface area contributed by atoms with Crippen molar-refractivity contribution in [2.24, 2.45) is 5.41 Å². The van der Waals surface area contributed by atoms with Gasteiger partial charge in [-0.25, -0.2) is 4.79 Å². The van der Waals surface area contributed by atoms with Crippen LogP contribution in [0.1, 0.15) is 159 Å². The molecule has 50 heavy (non-hydrogen) atoms. The normalized spacial score (nSPS) is 16.1. The minimum Gasteiger partial charge on any atom is -0.494 e. The second-order valence-electron chi connectivity index (χ2n) is 14.3. The third kappa shape index (κ3) is 9.64. The summed E-state index contributed by atoms with van der Waals surface area (Å²) in [6, 6.07) is 17.7. The number of carbonyl (C=O) groups excluding carboxylic acids is 3. The summed E-state index contributed by atoms with van der Waals surface area (Å²) in [6.45, 7) is 5.79. The molecule has 5 rings (SSSR count). The van der Waals surface area contributed by atoms with Gasteiger partial charge in [0.15, 0.2) is 11.6 Å². The van der Waals surface area contributed by atoms with Crippen LogP contribution >= 0.6 is 0 Å². The molecule has 1 atom stereocenters. The Morgan fingerprint density at radius 2 is 0.960 bits per heavy atom. The van der Waals surface area contributed by atoms with Gasteiger partial charge in [0, 0.05) is 11.1 Å². The summed E-state index contributed by atoms with van der Waals surface area (Å²) in [5, 5.41) is 0. The molecule has 0 radical (unpaired) electrons. The number of esters is 1. The van der Waals surface area contributed by atoms with Crippen LogP contribution in [0.15, 0.2) is 60.7 Å². The van der Waals surface area contributed by atoms with E-state index in [4.69, 9.17) is 14.2 Å². The highest BCUT2D eigenvalue weighted by molar-refractivity contribution is 6.24. The molecule has 0 amide bonds. The molecule has 0 fully saturated rings. The van der Waals surface area contributed by atoms with Gasteiger partial charge in [-0.3, -0.25) is 9.59 Å². The van der Waals surface area contributed by atoms with Crippen LogP contribution < -0.4 is 14.2 Å². The Morgan fingerprint density at radius 3 is 1.48 bits per heavy atom. The second-order valence-corrected chi connectivity index (χ2v) is 14.3. The molecule has 2 aliphatic rings. The zero-order valence-corrected chi connectivity index (χ0v) is 30.4. The predicted octanol–water partition coefficient (Wildman–Crippen LogP) is 11.1. The molecule has 1 unspecified atom stereocenters. The SMILES string of the molecule is CCCCCCCCCCOc1ccc(C(=O)Oc2ccc3c(c2)CC2(Cc4cc(OCCCCCCCCCC)ccc4C2=O)C3=O)cc1. The highest BCUT2D eigenvalue weighted by atomic mass is 16.5. The summed E-state index contributed by atoms with van der Waals surface area (Å²) in [4.78, 5) is 40.4. The molecule has 0 saturated heterocycles. The van der Waals surface area contributed by atoms with Crippen molar-refractivity contribution in [3.8, 4) is 17.2 Å². The number of benzene rings is 3. The van der Waals surface area contributed by atoms with Crippen molar-refractivity contribution in [2.75, 3.05) is 13.2 Å². The van der Waals surface area contributed by atoms with Gasteiger partial charge in [0.05, 0.1) is 18.8 Å². The Kier molecular flexibility index (Phi) is 14.1. The topological polar surface area (TPSA) is 78.9 Å². The quantitative estimate of drug-likeness (QED) is 0.0455. The molecule has 3 aromatic rings. The van der Waals surface area contributed by atoms with E-state index in [1.165, 1.54) is 83.5 Å². The van der Waals surface area contributed by atoms with E-state index >= 15 is 0 Å². The van der Waals surface area contributed by atoms with Gasteiger partial charge < -0.3 is 14.2 Å². The number of fused-ring (bicyclic) bond motifs is 2. The maximum absolute atomic E-state index is 13.7. The summed E-state index contributed by atoms with van der Waals surface area (Å²) in [5.74, 6) is 1.06. The molecule has 2 aliphatic carbocycles. The molecule has 6 nitrogen and oxygen atoms in total. The van der Waals surface area contributed by atoms with E-state index in [1.54, 1.807) is 42.5 Å². The Hall–Kier alpha value is -3.93. The van der Waals surface area contributed by atoms with Gasteiger partial charge >= 0.3 is 5.97 Å². The first-order chi connectivity index (χ1) is 24.4. The Balaban J connectivity index is 1.08. The number of ether oxygens (including phenoxy) is 3. The van der Waals surface area contributed by atoms with Crippen molar-refractivity contribution in [1.29, 1.82) is 0 Å². The lowest BCUT2D eigenvalue weighted by molar-refractivity contribution is 0.0701. The van der Waals surface area contributed by atoms with Crippen LogP contribution in [0.25, 0.3) is 0 Å². The Labute approximate surface area is 299 Å². The lowest BCUT2D eigenvalue weighted by Crippen LogP contribution is -2.34. The second kappa shape index (κ2) is 18.9. The Morgan fingerprint density at radius 1 is 0.540 bits per heavy atom. The third-order valence-corrected chi connectivity index (χ3v) is 10.3.